The van der Waals surface area contributed by atoms with E-state index in [1.54, 1.807) is 53.0 Å². The number of rotatable bonds is 5. The molecule has 2 bridgehead atoms. The van der Waals surface area contributed by atoms with Gasteiger partial charge in [0.2, 0.25) is 5.91 Å². The summed E-state index contributed by atoms with van der Waals surface area (Å²) in [5.41, 5.74) is 4.43. The average Bonchev–Trinajstić information content (AvgIpc) is 3.66. The molecule has 1 amide bonds. The van der Waals surface area contributed by atoms with Crippen molar-refractivity contribution in [3.8, 4) is 28.2 Å². The number of anilines is 1. The van der Waals surface area contributed by atoms with Crippen LogP contribution in [0.4, 0.5) is 5.69 Å². The fraction of sp³-hybridized carbons (Fsp3) is 0.281. The van der Waals surface area contributed by atoms with Gasteiger partial charge < -0.3 is 10.1 Å². The lowest BCUT2D eigenvalue weighted by Gasteiger charge is -2.22. The number of hydrogen-bond donors (Lipinski definition) is 1. The smallest absolute Gasteiger partial charge is 0.341 e. The van der Waals surface area contributed by atoms with Crippen molar-refractivity contribution < 1.29 is 14.3 Å². The van der Waals surface area contributed by atoms with Crippen LogP contribution in [0.2, 0.25) is 5.02 Å². The summed E-state index contributed by atoms with van der Waals surface area (Å²) in [5.74, 6) is -0.804. The third-order valence-corrected chi connectivity index (χ3v) is 8.14. The molecule has 6 rings (SSSR count). The van der Waals surface area contributed by atoms with Crippen molar-refractivity contribution in [1.29, 1.82) is 0 Å². The minimum atomic E-state index is -0.482. The summed E-state index contributed by atoms with van der Waals surface area (Å²) in [6.45, 7) is 3.87. The zero-order chi connectivity index (χ0) is 31.7. The largest absolute Gasteiger partial charge is 0.462 e. The van der Waals surface area contributed by atoms with Crippen LogP contribution in [0.25, 0.3) is 28.2 Å². The zero-order valence-electron chi connectivity index (χ0n) is 25.0. The highest BCUT2D eigenvalue weighted by Crippen LogP contribution is 2.33. The number of fused-ring (bicyclic) bond motifs is 4. The molecule has 5 heterocycles. The number of carbonyl (C=O) groups is 2. The Kier molecular flexibility index (Phi) is 8.31. The number of esters is 1. The first-order chi connectivity index (χ1) is 21.7. The monoisotopic (exact) mass is 626 g/mol. The normalized spacial score (nSPS) is 16.7. The van der Waals surface area contributed by atoms with Gasteiger partial charge in [0.05, 0.1) is 65.4 Å². The molecule has 0 saturated carbocycles. The summed E-state index contributed by atoms with van der Waals surface area (Å²) in [6.07, 6.45) is 9.72. The van der Waals surface area contributed by atoms with Crippen molar-refractivity contribution in [2.45, 2.75) is 39.2 Å². The van der Waals surface area contributed by atoms with Crippen molar-refractivity contribution >= 4 is 29.2 Å². The molecule has 5 aromatic rings. The van der Waals surface area contributed by atoms with E-state index >= 15 is 0 Å². The minimum Gasteiger partial charge on any atom is -0.462 e. The molecular formula is C32H31ClN8O4. The Balaban J connectivity index is 1.40. The predicted molar refractivity (Wildman–Crippen MR) is 168 cm³/mol. The summed E-state index contributed by atoms with van der Waals surface area (Å²) in [5, 5.41) is 12.2. The first-order valence-electron chi connectivity index (χ1n) is 14.6. The highest BCUT2D eigenvalue weighted by atomic mass is 35.5. The lowest BCUT2D eigenvalue weighted by molar-refractivity contribution is -0.119. The number of carbonyl (C=O) groups excluding carboxylic acids is 2. The molecular weight excluding hydrogens is 596 g/mol. The van der Waals surface area contributed by atoms with Crippen LogP contribution in [0.15, 0.2) is 72.3 Å². The first kappa shape index (κ1) is 29.9. The van der Waals surface area contributed by atoms with Crippen molar-refractivity contribution in [3.63, 3.8) is 0 Å². The first-order valence-corrected chi connectivity index (χ1v) is 15.0. The van der Waals surface area contributed by atoms with Gasteiger partial charge >= 0.3 is 5.97 Å². The van der Waals surface area contributed by atoms with E-state index in [4.69, 9.17) is 16.3 Å². The Bertz CT molecular complexity index is 1960. The van der Waals surface area contributed by atoms with Gasteiger partial charge in [-0.05, 0) is 50.1 Å². The van der Waals surface area contributed by atoms with Gasteiger partial charge in [0.15, 0.2) is 0 Å². The van der Waals surface area contributed by atoms with E-state index < -0.39 is 12.0 Å². The number of aromatic nitrogens is 7. The molecule has 12 nitrogen and oxygen atoms in total. The summed E-state index contributed by atoms with van der Waals surface area (Å²) < 4.78 is 9.90. The van der Waals surface area contributed by atoms with Crippen molar-refractivity contribution in [3.05, 3.63) is 94.1 Å². The molecule has 1 aliphatic rings. The summed E-state index contributed by atoms with van der Waals surface area (Å²) in [6, 6.07) is 9.97. The molecule has 1 aliphatic heterocycles. The van der Waals surface area contributed by atoms with E-state index in [1.807, 2.05) is 26.1 Å². The lowest BCUT2D eigenvalue weighted by Crippen LogP contribution is -2.27. The fourth-order valence-electron chi connectivity index (χ4n) is 5.56. The minimum absolute atomic E-state index is 0.0808. The number of nitrogens with one attached hydrogen (secondary N) is 1. The maximum Gasteiger partial charge on any atom is 0.341 e. The fourth-order valence-corrected chi connectivity index (χ4v) is 5.73. The number of pyridine rings is 1. The van der Waals surface area contributed by atoms with Crippen LogP contribution in [0.1, 0.15) is 55.2 Å². The molecule has 4 aromatic heterocycles. The lowest BCUT2D eigenvalue weighted by atomic mass is 9.97. The van der Waals surface area contributed by atoms with E-state index in [1.165, 1.54) is 23.3 Å². The van der Waals surface area contributed by atoms with E-state index in [2.05, 4.69) is 25.5 Å². The highest BCUT2D eigenvalue weighted by Gasteiger charge is 2.24. The van der Waals surface area contributed by atoms with Gasteiger partial charge in [-0.3, -0.25) is 23.8 Å². The molecule has 1 aromatic carbocycles. The van der Waals surface area contributed by atoms with Gasteiger partial charge in [-0.2, -0.15) is 10.2 Å². The third-order valence-electron chi connectivity index (χ3n) is 7.90. The second kappa shape index (κ2) is 12.5. The SMILES string of the molecule is CCOC(=O)c1cnn(-c2ccc(Cl)cc2-c2cc(=O)n(C3CCCC(C)C(=O)Nc4cnn(C)c4-c4ccnc3c4)cn2)c1. The molecule has 0 fully saturated rings. The van der Waals surface area contributed by atoms with Gasteiger partial charge in [-0.15, -0.1) is 0 Å². The van der Waals surface area contributed by atoms with E-state index in [-0.39, 0.29) is 24.0 Å². The maximum absolute atomic E-state index is 13.8. The van der Waals surface area contributed by atoms with Crippen LogP contribution < -0.4 is 10.9 Å². The van der Waals surface area contributed by atoms with Gasteiger partial charge in [-0.1, -0.05) is 24.9 Å². The van der Waals surface area contributed by atoms with Crippen LogP contribution in [0.3, 0.4) is 0 Å². The summed E-state index contributed by atoms with van der Waals surface area (Å²) in [7, 11) is 1.82. The molecule has 0 radical (unpaired) electrons. The highest BCUT2D eigenvalue weighted by molar-refractivity contribution is 6.31. The van der Waals surface area contributed by atoms with Gasteiger partial charge in [0.25, 0.3) is 5.56 Å². The Morgan fingerprint density at radius 3 is 2.73 bits per heavy atom. The quantitative estimate of drug-likeness (QED) is 0.267. The van der Waals surface area contributed by atoms with Gasteiger partial charge in [0.1, 0.15) is 0 Å². The number of hydrogen-bond acceptors (Lipinski definition) is 8. The average molecular weight is 627 g/mol. The van der Waals surface area contributed by atoms with Crippen molar-refractivity contribution in [2.24, 2.45) is 13.0 Å². The molecule has 0 saturated heterocycles. The predicted octanol–water partition coefficient (Wildman–Crippen LogP) is 5.07. The van der Waals surface area contributed by atoms with Crippen LogP contribution in [-0.2, 0) is 16.6 Å². The maximum atomic E-state index is 13.8. The second-order valence-corrected chi connectivity index (χ2v) is 11.3. The Morgan fingerprint density at radius 1 is 1.09 bits per heavy atom. The Hall–Kier alpha value is -5.10. The zero-order valence-corrected chi connectivity index (χ0v) is 25.7. The number of ether oxygens (including phenoxy) is 1. The van der Waals surface area contributed by atoms with Gasteiger partial charge in [0, 0.05) is 47.6 Å². The van der Waals surface area contributed by atoms with E-state index in [0.29, 0.717) is 58.2 Å². The second-order valence-electron chi connectivity index (χ2n) is 10.9. The molecule has 1 N–H and O–H groups in total. The molecule has 0 aliphatic carbocycles. The summed E-state index contributed by atoms with van der Waals surface area (Å²) in [4.78, 5) is 48.3. The molecule has 2 unspecified atom stereocenters. The van der Waals surface area contributed by atoms with Gasteiger partial charge in [-0.25, -0.2) is 14.5 Å². The standard InChI is InChI=1S/C32H31ClN8O4/c1-4-45-32(44)21-15-37-41(17-21)27-9-8-22(33)13-23(27)24-14-29(42)40(18-35-24)28-7-5-6-19(2)31(43)38-26-16-36-39(3)30(26)20-10-11-34-25(28)12-20/h8-19,28H,4-7H2,1-3H3,(H,38,43). The molecule has 2 atom stereocenters. The third kappa shape index (κ3) is 6.01. The summed E-state index contributed by atoms with van der Waals surface area (Å²) >= 11 is 6.37. The topological polar surface area (TPSA) is 139 Å². The van der Waals surface area contributed by atoms with Crippen LogP contribution >= 0.6 is 11.6 Å². The number of benzene rings is 1. The number of aryl methyl sites for hydroxylation is 1. The van der Waals surface area contributed by atoms with Crippen LogP contribution in [-0.4, -0.2) is 52.6 Å². The van der Waals surface area contributed by atoms with Crippen molar-refractivity contribution in [2.75, 3.05) is 11.9 Å². The number of halogens is 1. The van der Waals surface area contributed by atoms with Crippen molar-refractivity contribution in [1.82, 2.24) is 34.1 Å². The molecule has 230 valence electrons. The number of nitrogens with zero attached hydrogens (tertiary/aromatic N) is 7. The number of amides is 1. The van der Waals surface area contributed by atoms with Crippen LogP contribution in [0.5, 0.6) is 0 Å². The Labute approximate surface area is 263 Å². The molecule has 13 heteroatoms. The molecule has 0 spiro atoms. The van der Waals surface area contributed by atoms with E-state index in [0.717, 1.165) is 11.3 Å². The van der Waals surface area contributed by atoms with E-state index in [9.17, 15) is 14.4 Å². The Morgan fingerprint density at radius 2 is 1.93 bits per heavy atom. The van der Waals surface area contributed by atoms with Crippen LogP contribution in [0, 0.1) is 5.92 Å². The molecule has 45 heavy (non-hydrogen) atoms.